The van der Waals surface area contributed by atoms with Gasteiger partial charge in [-0.25, -0.2) is 4.98 Å². The molecule has 2 aromatic carbocycles. The van der Waals surface area contributed by atoms with Gasteiger partial charge in [0.1, 0.15) is 0 Å². The molecule has 1 N–H and O–H groups in total. The molecule has 0 aliphatic carbocycles. The highest BCUT2D eigenvalue weighted by Crippen LogP contribution is 2.39. The highest BCUT2D eigenvalue weighted by atomic mass is 16.1. The Morgan fingerprint density at radius 1 is 1.12 bits per heavy atom. The van der Waals surface area contributed by atoms with Crippen LogP contribution in [0.5, 0.6) is 0 Å². The minimum absolute atomic E-state index is 0.0786. The van der Waals surface area contributed by atoms with Crippen LogP contribution in [-0.2, 0) is 4.79 Å². The molecule has 2 heterocycles. The molecule has 1 atom stereocenters. The molecule has 1 aromatic heterocycles. The average molecular weight is 317 g/mol. The number of carbonyl (C=O) groups is 1. The minimum atomic E-state index is -0.161. The van der Waals surface area contributed by atoms with Crippen molar-refractivity contribution < 1.29 is 4.79 Å². The number of aromatic nitrogens is 2. The fraction of sp³-hybridized carbons (Fsp3) is 0.200. The van der Waals surface area contributed by atoms with Crippen molar-refractivity contribution in [1.82, 2.24) is 9.55 Å². The second-order valence-electron chi connectivity index (χ2n) is 6.33. The van der Waals surface area contributed by atoms with Crippen LogP contribution in [0.3, 0.4) is 0 Å². The first kappa shape index (κ1) is 14.7. The van der Waals surface area contributed by atoms with Crippen molar-refractivity contribution in [3.05, 3.63) is 70.9 Å². The molecule has 4 rings (SSSR count). The molecule has 24 heavy (non-hydrogen) atoms. The molecule has 4 nitrogen and oxygen atoms in total. The summed E-state index contributed by atoms with van der Waals surface area (Å²) in [5, 5.41) is 3.31. The first-order chi connectivity index (χ1) is 11.6. The average Bonchev–Trinajstić information content (AvgIpc) is 2.91. The van der Waals surface area contributed by atoms with E-state index < -0.39 is 0 Å². The van der Waals surface area contributed by atoms with Crippen LogP contribution in [0.4, 0.5) is 5.95 Å². The number of nitrogens with one attached hydrogen (secondary N) is 1. The molecule has 1 aliphatic heterocycles. The van der Waals surface area contributed by atoms with Crippen LogP contribution in [-0.4, -0.2) is 15.3 Å². The van der Waals surface area contributed by atoms with E-state index in [1.165, 1.54) is 5.56 Å². The number of hydrogen-bond donors (Lipinski definition) is 1. The van der Waals surface area contributed by atoms with Crippen LogP contribution in [0.1, 0.15) is 31.0 Å². The van der Waals surface area contributed by atoms with E-state index in [0.29, 0.717) is 0 Å². The van der Waals surface area contributed by atoms with Crippen molar-refractivity contribution in [2.45, 2.75) is 26.8 Å². The lowest BCUT2D eigenvalue weighted by atomic mass is 9.92. The van der Waals surface area contributed by atoms with Gasteiger partial charge in [0.2, 0.25) is 5.95 Å². The number of para-hydroxylation sites is 2. The minimum Gasteiger partial charge on any atom is -0.329 e. The summed E-state index contributed by atoms with van der Waals surface area (Å²) in [6.07, 6.45) is 0. The fourth-order valence-corrected chi connectivity index (χ4v) is 3.58. The monoisotopic (exact) mass is 317 g/mol. The second kappa shape index (κ2) is 5.34. The Balaban J connectivity index is 2.05. The van der Waals surface area contributed by atoms with Gasteiger partial charge >= 0.3 is 0 Å². The van der Waals surface area contributed by atoms with E-state index in [-0.39, 0.29) is 11.8 Å². The maximum absolute atomic E-state index is 12.4. The number of hydrogen-bond acceptors (Lipinski definition) is 3. The van der Waals surface area contributed by atoms with Gasteiger partial charge in [0, 0.05) is 11.3 Å². The van der Waals surface area contributed by atoms with Crippen LogP contribution >= 0.6 is 0 Å². The van der Waals surface area contributed by atoms with Crippen molar-refractivity contribution in [1.29, 1.82) is 0 Å². The molecule has 120 valence electrons. The molecular formula is C20H19N3O. The van der Waals surface area contributed by atoms with Crippen LogP contribution in [0, 0.1) is 6.92 Å². The Bertz CT molecular complexity index is 997. The van der Waals surface area contributed by atoms with Gasteiger partial charge in [-0.2, -0.15) is 0 Å². The predicted molar refractivity (Wildman–Crippen MR) is 96.1 cm³/mol. The van der Waals surface area contributed by atoms with Gasteiger partial charge < -0.3 is 5.32 Å². The van der Waals surface area contributed by atoms with E-state index in [9.17, 15) is 4.79 Å². The number of ketones is 1. The SMILES string of the molecule is CC(=O)C1=C(C)Nc2nc3ccccc3n2[C@H]1c1cccc(C)c1. The number of fused-ring (bicyclic) bond motifs is 3. The Hall–Kier alpha value is -2.88. The number of aryl methyl sites for hydroxylation is 1. The van der Waals surface area contributed by atoms with Crippen molar-refractivity contribution in [3.63, 3.8) is 0 Å². The first-order valence-corrected chi connectivity index (χ1v) is 8.08. The van der Waals surface area contributed by atoms with E-state index in [1.807, 2.05) is 31.2 Å². The maximum atomic E-state index is 12.4. The lowest BCUT2D eigenvalue weighted by Gasteiger charge is -2.30. The van der Waals surface area contributed by atoms with Gasteiger partial charge in [-0.1, -0.05) is 42.0 Å². The molecule has 0 fully saturated rings. The molecule has 0 bridgehead atoms. The third-order valence-corrected chi connectivity index (χ3v) is 4.57. The Morgan fingerprint density at radius 3 is 2.67 bits per heavy atom. The van der Waals surface area contributed by atoms with Gasteiger partial charge in [-0.3, -0.25) is 9.36 Å². The van der Waals surface area contributed by atoms with Crippen molar-refractivity contribution in [3.8, 4) is 0 Å². The summed E-state index contributed by atoms with van der Waals surface area (Å²) >= 11 is 0. The van der Waals surface area contributed by atoms with Crippen molar-refractivity contribution in [2.75, 3.05) is 5.32 Å². The van der Waals surface area contributed by atoms with E-state index >= 15 is 0 Å². The third kappa shape index (κ3) is 2.14. The largest absolute Gasteiger partial charge is 0.329 e. The van der Waals surface area contributed by atoms with Gasteiger partial charge in [-0.15, -0.1) is 0 Å². The summed E-state index contributed by atoms with van der Waals surface area (Å²) < 4.78 is 2.13. The number of Topliss-reactive ketones (excluding diaryl/α,β-unsaturated/α-hetero) is 1. The number of benzene rings is 2. The fourth-order valence-electron chi connectivity index (χ4n) is 3.58. The zero-order chi connectivity index (χ0) is 16.8. The van der Waals surface area contributed by atoms with Crippen LogP contribution in [0.2, 0.25) is 0 Å². The summed E-state index contributed by atoms with van der Waals surface area (Å²) in [5.41, 5.74) is 5.89. The van der Waals surface area contributed by atoms with Crippen LogP contribution in [0.25, 0.3) is 11.0 Å². The Kier molecular flexibility index (Phi) is 3.27. The highest BCUT2D eigenvalue weighted by Gasteiger charge is 2.32. The maximum Gasteiger partial charge on any atom is 0.209 e. The zero-order valence-electron chi connectivity index (χ0n) is 14.0. The predicted octanol–water partition coefficient (Wildman–Crippen LogP) is 4.22. The van der Waals surface area contributed by atoms with Gasteiger partial charge in [0.15, 0.2) is 5.78 Å². The smallest absolute Gasteiger partial charge is 0.209 e. The van der Waals surface area contributed by atoms with Crippen molar-refractivity contribution in [2.24, 2.45) is 0 Å². The summed E-state index contributed by atoms with van der Waals surface area (Å²) in [4.78, 5) is 17.1. The summed E-state index contributed by atoms with van der Waals surface area (Å²) in [6.45, 7) is 5.65. The van der Waals surface area contributed by atoms with E-state index in [4.69, 9.17) is 4.98 Å². The van der Waals surface area contributed by atoms with Crippen LogP contribution < -0.4 is 5.32 Å². The molecular weight excluding hydrogens is 298 g/mol. The zero-order valence-corrected chi connectivity index (χ0v) is 14.0. The summed E-state index contributed by atoms with van der Waals surface area (Å²) in [5.74, 6) is 0.861. The molecule has 4 heteroatoms. The summed E-state index contributed by atoms with van der Waals surface area (Å²) in [7, 11) is 0. The van der Waals surface area contributed by atoms with E-state index in [1.54, 1.807) is 6.92 Å². The molecule has 0 amide bonds. The molecule has 0 saturated heterocycles. The van der Waals surface area contributed by atoms with Crippen LogP contribution in [0.15, 0.2) is 59.8 Å². The normalized spacial score (nSPS) is 16.9. The lowest BCUT2D eigenvalue weighted by molar-refractivity contribution is -0.114. The number of rotatable bonds is 2. The molecule has 0 unspecified atom stereocenters. The number of carbonyl (C=O) groups excluding carboxylic acids is 1. The van der Waals surface area contributed by atoms with Gasteiger partial charge in [0.05, 0.1) is 17.1 Å². The summed E-state index contributed by atoms with van der Waals surface area (Å²) in [6, 6.07) is 16.2. The Labute approximate surface area is 140 Å². The molecule has 0 radical (unpaired) electrons. The lowest BCUT2D eigenvalue weighted by Crippen LogP contribution is -2.27. The standard InChI is InChI=1S/C20H19N3O/c1-12-7-6-8-15(11-12)19-18(14(3)24)13(2)21-20-22-16-9-4-5-10-17(16)23(19)20/h4-11,19H,1-3H3,(H,21,22)/t19-/m0/s1. The number of allylic oxidation sites excluding steroid dienone is 2. The highest BCUT2D eigenvalue weighted by molar-refractivity contribution is 5.97. The second-order valence-corrected chi connectivity index (χ2v) is 6.33. The topological polar surface area (TPSA) is 46.9 Å². The quantitative estimate of drug-likeness (QED) is 0.769. The molecule has 1 aliphatic rings. The number of imidazole rings is 1. The molecule has 0 saturated carbocycles. The van der Waals surface area contributed by atoms with Crippen molar-refractivity contribution >= 4 is 22.8 Å². The van der Waals surface area contributed by atoms with E-state index in [2.05, 4.69) is 41.1 Å². The van der Waals surface area contributed by atoms with Gasteiger partial charge in [-0.05, 0) is 38.5 Å². The third-order valence-electron chi connectivity index (χ3n) is 4.57. The van der Waals surface area contributed by atoms with E-state index in [0.717, 1.165) is 33.8 Å². The number of anilines is 1. The van der Waals surface area contributed by atoms with Gasteiger partial charge in [0.25, 0.3) is 0 Å². The molecule has 0 spiro atoms. The Morgan fingerprint density at radius 2 is 1.92 bits per heavy atom. The molecule has 3 aromatic rings. The first-order valence-electron chi connectivity index (χ1n) is 8.08. The number of nitrogens with zero attached hydrogens (tertiary/aromatic N) is 2.